The predicted molar refractivity (Wildman–Crippen MR) is 70.6 cm³/mol. The van der Waals surface area contributed by atoms with Crippen molar-refractivity contribution in [3.8, 4) is 0 Å². The van der Waals surface area contributed by atoms with Gasteiger partial charge in [0.1, 0.15) is 0 Å². The van der Waals surface area contributed by atoms with Gasteiger partial charge < -0.3 is 10.1 Å². The van der Waals surface area contributed by atoms with Crippen LogP contribution in [0.15, 0.2) is 28.7 Å². The highest BCUT2D eigenvalue weighted by Crippen LogP contribution is 2.13. The number of carbonyl (C=O) groups is 1. The fourth-order valence-corrected chi connectivity index (χ4v) is 1.24. The number of benzene rings is 1. The summed E-state index contributed by atoms with van der Waals surface area (Å²) < 4.78 is 5.56. The summed E-state index contributed by atoms with van der Waals surface area (Å²) in [6.45, 7) is 4.59. The van der Waals surface area contributed by atoms with Gasteiger partial charge in [0.05, 0.1) is 13.5 Å². The van der Waals surface area contributed by atoms with Crippen molar-refractivity contribution in [1.82, 2.24) is 0 Å². The minimum atomic E-state index is -0.199. The molecular weight excluding hydrogens is 270 g/mol. The molecule has 0 bridgehead atoms. The maximum absolute atomic E-state index is 10.8. The number of hydrogen-bond donors (Lipinski definition) is 1. The number of halogens is 1. The van der Waals surface area contributed by atoms with E-state index in [0.29, 0.717) is 13.0 Å². The van der Waals surface area contributed by atoms with Crippen LogP contribution < -0.4 is 5.32 Å². The van der Waals surface area contributed by atoms with Crippen molar-refractivity contribution >= 4 is 27.6 Å². The van der Waals surface area contributed by atoms with Crippen LogP contribution in [0.2, 0.25) is 0 Å². The number of ether oxygens (including phenoxy) is 1. The van der Waals surface area contributed by atoms with Crippen LogP contribution in [-0.4, -0.2) is 19.6 Å². The predicted octanol–water partition coefficient (Wildman–Crippen LogP) is 3.45. The zero-order chi connectivity index (χ0) is 12.4. The van der Waals surface area contributed by atoms with E-state index in [0.717, 1.165) is 10.2 Å². The Morgan fingerprint density at radius 2 is 1.88 bits per heavy atom. The highest BCUT2D eigenvalue weighted by molar-refractivity contribution is 9.10. The number of rotatable bonds is 4. The molecule has 1 aromatic rings. The molecule has 1 N–H and O–H groups in total. The molecule has 0 aliphatic rings. The van der Waals surface area contributed by atoms with E-state index >= 15 is 0 Å². The Kier molecular flexibility index (Phi) is 8.62. The van der Waals surface area contributed by atoms with Crippen molar-refractivity contribution in [2.75, 3.05) is 19.0 Å². The molecule has 1 rings (SSSR count). The van der Waals surface area contributed by atoms with Crippen LogP contribution in [0.25, 0.3) is 0 Å². The lowest BCUT2D eigenvalue weighted by Gasteiger charge is -2.04. The van der Waals surface area contributed by atoms with Gasteiger partial charge in [-0.05, 0) is 24.3 Å². The van der Waals surface area contributed by atoms with Crippen molar-refractivity contribution in [3.05, 3.63) is 28.7 Å². The summed E-state index contributed by atoms with van der Waals surface area (Å²) in [5, 5.41) is 3.12. The number of nitrogens with one attached hydrogen (secondary N) is 1. The van der Waals surface area contributed by atoms with Gasteiger partial charge in [-0.15, -0.1) is 0 Å². The number of anilines is 1. The van der Waals surface area contributed by atoms with E-state index in [9.17, 15) is 4.79 Å². The summed E-state index contributed by atoms with van der Waals surface area (Å²) in [7, 11) is 1.39. The lowest BCUT2D eigenvalue weighted by Crippen LogP contribution is -2.09. The number of carbonyl (C=O) groups excluding carboxylic acids is 1. The van der Waals surface area contributed by atoms with E-state index in [1.165, 1.54) is 7.11 Å². The van der Waals surface area contributed by atoms with Gasteiger partial charge in [-0.2, -0.15) is 0 Å². The molecule has 0 unspecified atom stereocenters. The third-order valence-electron chi connectivity index (χ3n) is 1.73. The molecule has 0 spiro atoms. The molecule has 0 amide bonds. The van der Waals surface area contributed by atoms with Crippen LogP contribution in [0.3, 0.4) is 0 Å². The van der Waals surface area contributed by atoms with Gasteiger partial charge in [0.2, 0.25) is 0 Å². The van der Waals surface area contributed by atoms with Crippen molar-refractivity contribution in [2.24, 2.45) is 0 Å². The summed E-state index contributed by atoms with van der Waals surface area (Å²) in [5.41, 5.74) is 0.997. The maximum atomic E-state index is 10.8. The Hall–Kier alpha value is -1.03. The molecule has 16 heavy (non-hydrogen) atoms. The van der Waals surface area contributed by atoms with Gasteiger partial charge in [0.15, 0.2) is 0 Å². The molecule has 0 aliphatic carbocycles. The Bertz CT molecular complexity index is 298. The third kappa shape index (κ3) is 6.45. The average molecular weight is 288 g/mol. The summed E-state index contributed by atoms with van der Waals surface area (Å²) in [5.74, 6) is -0.199. The van der Waals surface area contributed by atoms with Gasteiger partial charge in [-0.25, -0.2) is 0 Å². The molecule has 90 valence electrons. The molecule has 0 aliphatic heterocycles. The van der Waals surface area contributed by atoms with E-state index in [1.807, 2.05) is 38.1 Å². The normalized spacial score (nSPS) is 8.75. The first kappa shape index (κ1) is 15.0. The Morgan fingerprint density at radius 1 is 1.31 bits per heavy atom. The van der Waals surface area contributed by atoms with Crippen molar-refractivity contribution in [2.45, 2.75) is 20.3 Å². The van der Waals surface area contributed by atoms with Gasteiger partial charge in [-0.3, -0.25) is 4.79 Å². The number of hydrogen-bond acceptors (Lipinski definition) is 3. The third-order valence-corrected chi connectivity index (χ3v) is 2.26. The lowest BCUT2D eigenvalue weighted by atomic mass is 10.3. The van der Waals surface area contributed by atoms with Crippen LogP contribution in [0.1, 0.15) is 20.3 Å². The second kappa shape index (κ2) is 9.21. The monoisotopic (exact) mass is 287 g/mol. The minimum Gasteiger partial charge on any atom is -0.469 e. The van der Waals surface area contributed by atoms with Gasteiger partial charge in [0, 0.05) is 16.7 Å². The van der Waals surface area contributed by atoms with E-state index in [2.05, 4.69) is 26.0 Å². The first-order chi connectivity index (χ1) is 7.72. The first-order valence-electron chi connectivity index (χ1n) is 5.28. The standard InChI is InChI=1S/C10H12BrNO2.C2H6/c1-14-10(13)6-7-12-9-4-2-8(11)3-5-9;1-2/h2-5,12H,6-7H2,1H3;1-2H3. The van der Waals surface area contributed by atoms with E-state index in [1.54, 1.807) is 0 Å². The smallest absolute Gasteiger partial charge is 0.307 e. The van der Waals surface area contributed by atoms with Gasteiger partial charge >= 0.3 is 5.97 Å². The SMILES string of the molecule is CC.COC(=O)CCNc1ccc(Br)cc1. The average Bonchev–Trinajstić information content (AvgIpc) is 2.34. The quantitative estimate of drug-likeness (QED) is 0.862. The van der Waals surface area contributed by atoms with Gasteiger partial charge in [-0.1, -0.05) is 29.8 Å². The molecule has 0 atom stereocenters. The topological polar surface area (TPSA) is 38.3 Å². The largest absolute Gasteiger partial charge is 0.469 e. The highest BCUT2D eigenvalue weighted by Gasteiger charge is 1.98. The fraction of sp³-hybridized carbons (Fsp3) is 0.417. The van der Waals surface area contributed by atoms with Crippen molar-refractivity contribution < 1.29 is 9.53 Å². The van der Waals surface area contributed by atoms with Crippen molar-refractivity contribution in [1.29, 1.82) is 0 Å². The highest BCUT2D eigenvalue weighted by atomic mass is 79.9. The van der Waals surface area contributed by atoms with Crippen LogP contribution in [0, 0.1) is 0 Å². The van der Waals surface area contributed by atoms with Crippen LogP contribution in [0.4, 0.5) is 5.69 Å². The molecule has 0 radical (unpaired) electrons. The maximum Gasteiger partial charge on any atom is 0.307 e. The lowest BCUT2D eigenvalue weighted by molar-refractivity contribution is -0.140. The van der Waals surface area contributed by atoms with E-state index < -0.39 is 0 Å². The molecular formula is C12H18BrNO2. The number of esters is 1. The zero-order valence-corrected chi connectivity index (χ0v) is 11.5. The molecule has 4 heteroatoms. The van der Waals surface area contributed by atoms with Crippen molar-refractivity contribution in [3.63, 3.8) is 0 Å². The van der Waals surface area contributed by atoms with Crippen LogP contribution >= 0.6 is 15.9 Å². The Balaban J connectivity index is 0.00000106. The minimum absolute atomic E-state index is 0.199. The van der Waals surface area contributed by atoms with E-state index in [-0.39, 0.29) is 5.97 Å². The molecule has 0 saturated heterocycles. The Labute approximate surface area is 105 Å². The summed E-state index contributed by atoms with van der Waals surface area (Å²) in [6, 6.07) is 7.78. The second-order valence-corrected chi connectivity index (χ2v) is 3.68. The Morgan fingerprint density at radius 3 is 2.38 bits per heavy atom. The molecule has 0 aromatic heterocycles. The molecule has 0 fully saturated rings. The summed E-state index contributed by atoms with van der Waals surface area (Å²) >= 11 is 3.35. The zero-order valence-electron chi connectivity index (χ0n) is 9.92. The fourth-order valence-electron chi connectivity index (χ4n) is 0.979. The van der Waals surface area contributed by atoms with Gasteiger partial charge in [0.25, 0.3) is 0 Å². The number of methoxy groups -OCH3 is 1. The molecule has 1 aromatic carbocycles. The summed E-state index contributed by atoms with van der Waals surface area (Å²) in [6.07, 6.45) is 0.382. The van der Waals surface area contributed by atoms with Crippen LogP contribution in [-0.2, 0) is 9.53 Å². The molecule has 0 heterocycles. The second-order valence-electron chi connectivity index (χ2n) is 2.76. The van der Waals surface area contributed by atoms with E-state index in [4.69, 9.17) is 0 Å². The molecule has 3 nitrogen and oxygen atoms in total. The van der Waals surface area contributed by atoms with Crippen LogP contribution in [0.5, 0.6) is 0 Å². The molecule has 0 saturated carbocycles. The summed E-state index contributed by atoms with van der Waals surface area (Å²) in [4.78, 5) is 10.8. The first-order valence-corrected chi connectivity index (χ1v) is 6.08.